The van der Waals surface area contributed by atoms with Crippen LogP contribution in [0, 0.1) is 0 Å². The molecule has 15 heavy (non-hydrogen) atoms. The van der Waals surface area contributed by atoms with Crippen LogP contribution in [0.3, 0.4) is 0 Å². The fourth-order valence-electron chi connectivity index (χ4n) is 1.35. The number of nitrogen functional groups attached to an aromatic ring is 1. The number of anilines is 1. The van der Waals surface area contributed by atoms with Gasteiger partial charge in [-0.25, -0.2) is 4.68 Å². The van der Waals surface area contributed by atoms with E-state index in [9.17, 15) is 0 Å². The molecule has 0 radical (unpaired) electrons. The van der Waals surface area contributed by atoms with Crippen LogP contribution in [-0.4, -0.2) is 35.7 Å². The Hall–Kier alpha value is -1.27. The van der Waals surface area contributed by atoms with E-state index < -0.39 is 0 Å². The van der Waals surface area contributed by atoms with E-state index in [1.54, 1.807) is 18.0 Å². The largest absolute Gasteiger partial charge is 0.467 e. The van der Waals surface area contributed by atoms with Crippen LogP contribution in [0.4, 0.5) is 5.69 Å². The maximum absolute atomic E-state index is 5.74. The van der Waals surface area contributed by atoms with Crippen LogP contribution in [-0.2, 0) is 16.2 Å². The van der Waals surface area contributed by atoms with Crippen LogP contribution in [0.1, 0.15) is 6.92 Å². The molecule has 0 aliphatic carbocycles. The van der Waals surface area contributed by atoms with Gasteiger partial charge in [0.15, 0.2) is 0 Å². The van der Waals surface area contributed by atoms with Crippen LogP contribution in [0.5, 0.6) is 5.88 Å². The van der Waals surface area contributed by atoms with E-state index >= 15 is 0 Å². The molecule has 6 heteroatoms. The van der Waals surface area contributed by atoms with Crippen LogP contribution < -0.4 is 10.5 Å². The highest BCUT2D eigenvalue weighted by Gasteiger charge is 2.31. The fraction of sp³-hybridized carbons (Fsp3) is 0.667. The fourth-order valence-corrected chi connectivity index (χ4v) is 1.35. The van der Waals surface area contributed by atoms with Gasteiger partial charge in [-0.1, -0.05) is 0 Å². The molecular weight excluding hydrogens is 198 g/mol. The highest BCUT2D eigenvalue weighted by atomic mass is 16.6. The van der Waals surface area contributed by atoms with Crippen molar-refractivity contribution in [1.82, 2.24) is 9.78 Å². The quantitative estimate of drug-likeness (QED) is 0.775. The van der Waals surface area contributed by atoms with Gasteiger partial charge in [0.25, 0.3) is 5.88 Å². The lowest BCUT2D eigenvalue weighted by atomic mass is 10.2. The summed E-state index contributed by atoms with van der Waals surface area (Å²) in [5.41, 5.74) is 6.26. The second kappa shape index (κ2) is 4.08. The predicted molar refractivity (Wildman–Crippen MR) is 53.5 cm³/mol. The molecule has 6 nitrogen and oxygen atoms in total. The summed E-state index contributed by atoms with van der Waals surface area (Å²) in [6.45, 7) is 2.92. The van der Waals surface area contributed by atoms with Gasteiger partial charge in [-0.3, -0.25) is 0 Å². The zero-order valence-corrected chi connectivity index (χ0v) is 8.84. The summed E-state index contributed by atoms with van der Waals surface area (Å²) in [7, 11) is 1.60. The minimum Gasteiger partial charge on any atom is -0.467 e. The minimum atomic E-state index is 0.0539. The van der Waals surface area contributed by atoms with E-state index in [0.29, 0.717) is 24.9 Å². The first-order valence-electron chi connectivity index (χ1n) is 4.81. The summed E-state index contributed by atoms with van der Waals surface area (Å²) >= 11 is 0. The lowest BCUT2D eigenvalue weighted by molar-refractivity contribution is -0.140. The monoisotopic (exact) mass is 213 g/mol. The molecule has 2 atom stereocenters. The Labute approximate surface area is 87.9 Å². The zero-order chi connectivity index (χ0) is 10.8. The molecule has 0 bridgehead atoms. The SMILES string of the molecule is COCn1cc(N)c(OC2CO[C@@H]2C)n1. The molecule has 2 rings (SSSR count). The van der Waals surface area contributed by atoms with Gasteiger partial charge < -0.3 is 19.9 Å². The number of aromatic nitrogens is 2. The Morgan fingerprint density at radius 1 is 1.73 bits per heavy atom. The van der Waals surface area contributed by atoms with Gasteiger partial charge in [0.05, 0.1) is 18.9 Å². The Balaban J connectivity index is 2.00. The summed E-state index contributed by atoms with van der Waals surface area (Å²) in [6.07, 6.45) is 1.85. The normalized spacial score (nSPS) is 24.9. The van der Waals surface area contributed by atoms with E-state index in [1.165, 1.54) is 0 Å². The van der Waals surface area contributed by atoms with Crippen molar-refractivity contribution in [2.45, 2.75) is 25.9 Å². The number of hydrogen-bond acceptors (Lipinski definition) is 5. The first-order chi connectivity index (χ1) is 7.20. The topological polar surface area (TPSA) is 71.5 Å². The Morgan fingerprint density at radius 2 is 2.53 bits per heavy atom. The van der Waals surface area contributed by atoms with E-state index in [4.69, 9.17) is 19.9 Å². The third-order valence-electron chi connectivity index (χ3n) is 2.33. The smallest absolute Gasteiger partial charge is 0.256 e. The van der Waals surface area contributed by atoms with Gasteiger partial charge in [0.2, 0.25) is 0 Å². The van der Waals surface area contributed by atoms with Gasteiger partial charge in [0.1, 0.15) is 18.5 Å². The minimum absolute atomic E-state index is 0.0539. The van der Waals surface area contributed by atoms with E-state index in [0.717, 1.165) is 0 Å². The number of nitrogens with two attached hydrogens (primary N) is 1. The van der Waals surface area contributed by atoms with Crippen molar-refractivity contribution in [2.75, 3.05) is 19.5 Å². The third-order valence-corrected chi connectivity index (χ3v) is 2.33. The highest BCUT2D eigenvalue weighted by Crippen LogP contribution is 2.24. The van der Waals surface area contributed by atoms with Crippen molar-refractivity contribution in [2.24, 2.45) is 0 Å². The van der Waals surface area contributed by atoms with E-state index in [-0.39, 0.29) is 12.2 Å². The maximum Gasteiger partial charge on any atom is 0.256 e. The second-order valence-corrected chi connectivity index (χ2v) is 3.54. The predicted octanol–water partition coefficient (Wildman–Crippen LogP) is 0.235. The molecule has 1 aliphatic heterocycles. The number of methoxy groups -OCH3 is 1. The van der Waals surface area contributed by atoms with Gasteiger partial charge >= 0.3 is 0 Å². The molecule has 0 saturated carbocycles. The van der Waals surface area contributed by atoms with Crippen molar-refractivity contribution in [3.05, 3.63) is 6.20 Å². The van der Waals surface area contributed by atoms with Gasteiger partial charge in [-0.05, 0) is 6.92 Å². The molecule has 1 aromatic rings. The zero-order valence-electron chi connectivity index (χ0n) is 8.84. The lowest BCUT2D eigenvalue weighted by Gasteiger charge is -2.33. The lowest BCUT2D eigenvalue weighted by Crippen LogP contribution is -2.46. The Morgan fingerprint density at radius 3 is 3.07 bits per heavy atom. The molecule has 0 spiro atoms. The first kappa shape index (κ1) is 10.3. The molecule has 2 heterocycles. The second-order valence-electron chi connectivity index (χ2n) is 3.54. The first-order valence-corrected chi connectivity index (χ1v) is 4.81. The number of nitrogens with zero attached hydrogens (tertiary/aromatic N) is 2. The highest BCUT2D eigenvalue weighted by molar-refractivity contribution is 5.46. The molecule has 84 valence electrons. The maximum atomic E-state index is 5.74. The van der Waals surface area contributed by atoms with Crippen molar-refractivity contribution in [3.63, 3.8) is 0 Å². The van der Waals surface area contributed by atoms with Crippen molar-refractivity contribution in [3.8, 4) is 5.88 Å². The van der Waals surface area contributed by atoms with Gasteiger partial charge in [0, 0.05) is 7.11 Å². The van der Waals surface area contributed by atoms with Crippen LogP contribution >= 0.6 is 0 Å². The Kier molecular flexibility index (Phi) is 2.79. The molecule has 1 fully saturated rings. The van der Waals surface area contributed by atoms with Gasteiger partial charge in [-0.15, -0.1) is 5.10 Å². The molecule has 1 saturated heterocycles. The summed E-state index contributed by atoms with van der Waals surface area (Å²) in [5, 5.41) is 4.14. The van der Waals surface area contributed by atoms with Crippen molar-refractivity contribution >= 4 is 5.69 Å². The number of hydrogen-bond donors (Lipinski definition) is 1. The molecule has 0 amide bonds. The van der Waals surface area contributed by atoms with Gasteiger partial charge in [-0.2, -0.15) is 0 Å². The summed E-state index contributed by atoms with van der Waals surface area (Å²) in [5.74, 6) is 0.451. The summed E-state index contributed by atoms with van der Waals surface area (Å²) < 4.78 is 17.3. The van der Waals surface area contributed by atoms with Crippen molar-refractivity contribution < 1.29 is 14.2 Å². The van der Waals surface area contributed by atoms with E-state index in [1.807, 2.05) is 6.92 Å². The average molecular weight is 213 g/mol. The van der Waals surface area contributed by atoms with Crippen LogP contribution in [0.25, 0.3) is 0 Å². The molecule has 1 unspecified atom stereocenters. The van der Waals surface area contributed by atoms with Crippen LogP contribution in [0.15, 0.2) is 6.20 Å². The third kappa shape index (κ3) is 2.05. The Bertz CT molecular complexity index is 339. The average Bonchev–Trinajstić information content (AvgIpc) is 2.54. The number of ether oxygens (including phenoxy) is 3. The summed E-state index contributed by atoms with van der Waals surface area (Å²) in [4.78, 5) is 0. The molecule has 0 aromatic carbocycles. The standard InChI is InChI=1S/C9H15N3O3/c1-6-8(4-14-6)15-9-7(10)3-12(11-9)5-13-2/h3,6,8H,4-5,10H2,1-2H3/t6-,8?/m1/s1. The van der Waals surface area contributed by atoms with E-state index in [2.05, 4.69) is 5.10 Å². The molecule has 1 aliphatic rings. The molecule has 2 N–H and O–H groups in total. The molecular formula is C9H15N3O3. The number of rotatable bonds is 4. The summed E-state index contributed by atoms with van der Waals surface area (Å²) in [6, 6.07) is 0. The van der Waals surface area contributed by atoms with Crippen LogP contribution in [0.2, 0.25) is 0 Å². The van der Waals surface area contributed by atoms with Crippen molar-refractivity contribution in [1.29, 1.82) is 0 Å². The molecule has 1 aromatic heterocycles.